The van der Waals surface area contributed by atoms with Crippen molar-refractivity contribution >= 4 is 23.9 Å². The van der Waals surface area contributed by atoms with Crippen molar-refractivity contribution < 1.29 is 28.7 Å². The Morgan fingerprint density at radius 3 is 2.00 bits per heavy atom. The molecule has 0 unspecified atom stereocenters. The van der Waals surface area contributed by atoms with Gasteiger partial charge in [0.2, 0.25) is 11.8 Å². The second-order valence-corrected chi connectivity index (χ2v) is 7.80. The van der Waals surface area contributed by atoms with Crippen LogP contribution in [0.4, 0.5) is 4.79 Å². The molecule has 0 radical (unpaired) electrons. The second kappa shape index (κ2) is 13.6. The summed E-state index contributed by atoms with van der Waals surface area (Å²) in [7, 11) is 0. The number of primary amides is 1. The Hall–Kier alpha value is -3.88. The summed E-state index contributed by atoms with van der Waals surface area (Å²) < 4.78 is 10.2. The van der Waals surface area contributed by atoms with Crippen molar-refractivity contribution in [2.75, 3.05) is 6.61 Å². The first-order valence-corrected chi connectivity index (χ1v) is 11.1. The summed E-state index contributed by atoms with van der Waals surface area (Å²) >= 11 is 0. The number of rotatable bonds is 12. The lowest BCUT2D eigenvalue weighted by Gasteiger charge is -2.23. The largest absolute Gasteiger partial charge is 0.466 e. The number of nitrogens with one attached hydrogen (secondary N) is 2. The van der Waals surface area contributed by atoms with Gasteiger partial charge in [0.15, 0.2) is 0 Å². The number of carbonyl (C=O) groups excluding carboxylic acids is 4. The molecule has 9 nitrogen and oxygen atoms in total. The zero-order chi connectivity index (χ0) is 24.9. The number of benzene rings is 2. The average molecular weight is 470 g/mol. The molecule has 0 aliphatic rings. The summed E-state index contributed by atoms with van der Waals surface area (Å²) in [5, 5.41) is 5.11. The molecule has 3 amide bonds. The van der Waals surface area contributed by atoms with E-state index >= 15 is 0 Å². The Bertz CT molecular complexity index is 952. The van der Waals surface area contributed by atoms with Crippen LogP contribution in [0.1, 0.15) is 31.4 Å². The topological polar surface area (TPSA) is 137 Å². The van der Waals surface area contributed by atoms with Crippen molar-refractivity contribution in [2.24, 2.45) is 11.7 Å². The minimum atomic E-state index is -1.12. The van der Waals surface area contributed by atoms with Crippen LogP contribution in [0.15, 0.2) is 60.7 Å². The molecule has 0 spiro atoms. The smallest absolute Gasteiger partial charge is 0.408 e. The lowest BCUT2D eigenvalue weighted by Crippen LogP contribution is -2.54. The van der Waals surface area contributed by atoms with Crippen LogP contribution in [-0.2, 0) is 36.9 Å². The van der Waals surface area contributed by atoms with Crippen molar-refractivity contribution in [3.05, 3.63) is 71.8 Å². The molecule has 0 fully saturated rings. The van der Waals surface area contributed by atoms with Gasteiger partial charge in [0.05, 0.1) is 12.5 Å². The first-order valence-electron chi connectivity index (χ1n) is 11.1. The monoisotopic (exact) mass is 469 g/mol. The van der Waals surface area contributed by atoms with E-state index in [0.29, 0.717) is 0 Å². The minimum Gasteiger partial charge on any atom is -0.466 e. The number of carbonyl (C=O) groups is 4. The summed E-state index contributed by atoms with van der Waals surface area (Å²) in [6.07, 6.45) is -0.655. The van der Waals surface area contributed by atoms with E-state index in [1.807, 2.05) is 60.7 Å². The number of amides is 3. The Kier molecular flexibility index (Phi) is 10.6. The van der Waals surface area contributed by atoms with Gasteiger partial charge < -0.3 is 25.8 Å². The first kappa shape index (κ1) is 26.4. The average Bonchev–Trinajstić information content (AvgIpc) is 2.83. The van der Waals surface area contributed by atoms with E-state index < -0.39 is 41.9 Å². The van der Waals surface area contributed by atoms with E-state index in [4.69, 9.17) is 15.2 Å². The SMILES string of the molecule is CCOC(=O)[C@@H](C)C[C@@H](NC(=O)[C@@H](Cc1ccccc1)NC(=O)OCc1ccccc1)C(N)=O. The van der Waals surface area contributed by atoms with Gasteiger partial charge in [-0.2, -0.15) is 0 Å². The number of alkyl carbamates (subject to hydrolysis) is 1. The molecule has 0 aromatic heterocycles. The number of ether oxygens (including phenoxy) is 2. The fourth-order valence-corrected chi connectivity index (χ4v) is 3.22. The molecule has 2 rings (SSSR count). The summed E-state index contributed by atoms with van der Waals surface area (Å²) in [6, 6.07) is 16.0. The standard InChI is InChI=1S/C25H31N3O6/c1-3-33-24(31)17(2)14-20(22(26)29)27-23(30)21(15-18-10-6-4-7-11-18)28-25(32)34-16-19-12-8-5-9-13-19/h4-13,17,20-21H,3,14-16H2,1-2H3,(H2,26,29)(H,27,30)(H,28,32)/t17-,20+,21+/m0/s1. The molecular formula is C25H31N3O6. The van der Waals surface area contributed by atoms with Gasteiger partial charge in [-0.15, -0.1) is 0 Å². The van der Waals surface area contributed by atoms with Gasteiger partial charge in [0, 0.05) is 6.42 Å². The van der Waals surface area contributed by atoms with Gasteiger partial charge in [-0.25, -0.2) is 4.79 Å². The lowest BCUT2D eigenvalue weighted by molar-refractivity contribution is -0.148. The highest BCUT2D eigenvalue weighted by molar-refractivity contribution is 5.91. The molecule has 0 bridgehead atoms. The highest BCUT2D eigenvalue weighted by Gasteiger charge is 2.29. The van der Waals surface area contributed by atoms with Gasteiger partial charge in [0.1, 0.15) is 18.7 Å². The Morgan fingerprint density at radius 2 is 1.44 bits per heavy atom. The van der Waals surface area contributed by atoms with Gasteiger partial charge in [-0.3, -0.25) is 14.4 Å². The van der Waals surface area contributed by atoms with Crippen LogP contribution < -0.4 is 16.4 Å². The number of nitrogens with two attached hydrogens (primary N) is 1. The molecule has 34 heavy (non-hydrogen) atoms. The third-order valence-electron chi connectivity index (χ3n) is 5.04. The van der Waals surface area contributed by atoms with Crippen LogP contribution in [0.5, 0.6) is 0 Å². The van der Waals surface area contributed by atoms with Gasteiger partial charge in [0.25, 0.3) is 0 Å². The molecule has 0 aliphatic carbocycles. The molecule has 3 atom stereocenters. The van der Waals surface area contributed by atoms with Gasteiger partial charge in [-0.1, -0.05) is 67.6 Å². The van der Waals surface area contributed by atoms with Gasteiger partial charge >= 0.3 is 12.1 Å². The summed E-state index contributed by atoms with van der Waals surface area (Å²) in [4.78, 5) is 49.4. The van der Waals surface area contributed by atoms with Crippen molar-refractivity contribution in [2.45, 2.75) is 45.4 Å². The molecule has 0 saturated carbocycles. The number of hydrogen-bond donors (Lipinski definition) is 3. The highest BCUT2D eigenvalue weighted by atomic mass is 16.5. The van der Waals surface area contributed by atoms with Crippen molar-refractivity contribution in [1.82, 2.24) is 10.6 Å². The van der Waals surface area contributed by atoms with Crippen molar-refractivity contribution in [3.8, 4) is 0 Å². The van der Waals surface area contributed by atoms with E-state index in [9.17, 15) is 19.2 Å². The van der Waals surface area contributed by atoms with E-state index in [2.05, 4.69) is 10.6 Å². The Morgan fingerprint density at radius 1 is 0.853 bits per heavy atom. The minimum absolute atomic E-state index is 0.0313. The second-order valence-electron chi connectivity index (χ2n) is 7.80. The summed E-state index contributed by atoms with van der Waals surface area (Å²) in [5.41, 5.74) is 7.04. The summed E-state index contributed by atoms with van der Waals surface area (Å²) in [6.45, 7) is 3.49. The highest BCUT2D eigenvalue weighted by Crippen LogP contribution is 2.10. The van der Waals surface area contributed by atoms with Crippen LogP contribution in [0.25, 0.3) is 0 Å². The van der Waals surface area contributed by atoms with E-state index in [1.165, 1.54) is 0 Å². The maximum absolute atomic E-state index is 13.0. The molecule has 2 aromatic rings. The quantitative estimate of drug-likeness (QED) is 0.407. The van der Waals surface area contributed by atoms with Crippen LogP contribution in [-0.4, -0.2) is 42.6 Å². The van der Waals surface area contributed by atoms with Gasteiger partial charge in [-0.05, 0) is 24.5 Å². The zero-order valence-corrected chi connectivity index (χ0v) is 19.4. The van der Waals surface area contributed by atoms with Crippen molar-refractivity contribution in [3.63, 3.8) is 0 Å². The Balaban J connectivity index is 2.08. The molecule has 9 heteroatoms. The maximum atomic E-state index is 13.0. The number of esters is 1. The third-order valence-corrected chi connectivity index (χ3v) is 5.04. The van der Waals surface area contributed by atoms with Crippen LogP contribution in [0.2, 0.25) is 0 Å². The van der Waals surface area contributed by atoms with Crippen LogP contribution in [0, 0.1) is 5.92 Å². The fourth-order valence-electron chi connectivity index (χ4n) is 3.22. The van der Waals surface area contributed by atoms with E-state index in [1.54, 1.807) is 13.8 Å². The lowest BCUT2D eigenvalue weighted by atomic mass is 10.00. The van der Waals surface area contributed by atoms with E-state index in [-0.39, 0.29) is 26.1 Å². The molecule has 0 saturated heterocycles. The molecule has 4 N–H and O–H groups in total. The van der Waals surface area contributed by atoms with E-state index in [0.717, 1.165) is 11.1 Å². The maximum Gasteiger partial charge on any atom is 0.408 e. The van der Waals surface area contributed by atoms with Crippen molar-refractivity contribution in [1.29, 1.82) is 0 Å². The molecule has 0 aliphatic heterocycles. The molecule has 182 valence electrons. The zero-order valence-electron chi connectivity index (χ0n) is 19.4. The predicted octanol–water partition coefficient (Wildman–Crippen LogP) is 2.08. The summed E-state index contributed by atoms with van der Waals surface area (Å²) in [5.74, 6) is -2.57. The normalized spacial score (nSPS) is 13.1. The molecule has 2 aromatic carbocycles. The third kappa shape index (κ3) is 8.93. The fraction of sp³-hybridized carbons (Fsp3) is 0.360. The Labute approximate surface area is 199 Å². The molecular weight excluding hydrogens is 438 g/mol. The van der Waals surface area contributed by atoms with Crippen LogP contribution in [0.3, 0.4) is 0 Å². The predicted molar refractivity (Wildman–Crippen MR) is 125 cm³/mol. The number of hydrogen-bond acceptors (Lipinski definition) is 6. The molecule has 0 heterocycles. The van der Waals surface area contributed by atoms with Crippen LogP contribution >= 0.6 is 0 Å². The first-order chi connectivity index (χ1) is 16.3.